The second-order valence-electron chi connectivity index (χ2n) is 13.7. The largest absolute Gasteiger partial charge is 0.309 e. The SMILES string of the molecule is c1ccc(-c2c(-c3ccccc3)n(-c3ccc(-c4ccc(-n5c(-c6ccccc6)c(-c6ccccc6)c6ccccc65)cc4)cc3)c3ccccc23)cc1. The van der Waals surface area contributed by atoms with Crippen LogP contribution in [0.15, 0.2) is 218 Å². The van der Waals surface area contributed by atoms with E-state index in [1.165, 1.54) is 77.7 Å². The summed E-state index contributed by atoms with van der Waals surface area (Å²) in [5, 5.41) is 2.48. The molecule has 254 valence electrons. The van der Waals surface area contributed by atoms with E-state index in [4.69, 9.17) is 0 Å². The van der Waals surface area contributed by atoms with Gasteiger partial charge >= 0.3 is 0 Å². The van der Waals surface area contributed by atoms with Crippen LogP contribution in [0.5, 0.6) is 0 Å². The predicted octanol–water partition coefficient (Wildman–Crippen LogP) is 13.9. The molecule has 10 rings (SSSR count). The van der Waals surface area contributed by atoms with Crippen LogP contribution in [0, 0.1) is 0 Å². The van der Waals surface area contributed by atoms with Gasteiger partial charge in [0.2, 0.25) is 0 Å². The fourth-order valence-electron chi connectivity index (χ4n) is 8.15. The molecule has 2 heterocycles. The van der Waals surface area contributed by atoms with Gasteiger partial charge in [-0.15, -0.1) is 0 Å². The molecule has 0 aliphatic carbocycles. The number of aromatic nitrogens is 2. The summed E-state index contributed by atoms with van der Waals surface area (Å²) in [6.45, 7) is 0. The second-order valence-corrected chi connectivity index (χ2v) is 13.7. The van der Waals surface area contributed by atoms with E-state index in [1.54, 1.807) is 0 Å². The lowest BCUT2D eigenvalue weighted by Crippen LogP contribution is -1.98. The zero-order valence-electron chi connectivity index (χ0n) is 29.7. The molecule has 0 aliphatic heterocycles. The molecule has 0 bridgehead atoms. The molecule has 2 nitrogen and oxygen atoms in total. The molecular weight excluding hydrogens is 653 g/mol. The van der Waals surface area contributed by atoms with E-state index in [0.29, 0.717) is 0 Å². The molecule has 0 N–H and O–H groups in total. The van der Waals surface area contributed by atoms with E-state index < -0.39 is 0 Å². The van der Waals surface area contributed by atoms with Crippen molar-refractivity contribution in [3.05, 3.63) is 218 Å². The van der Waals surface area contributed by atoms with Crippen molar-refractivity contribution >= 4 is 21.8 Å². The van der Waals surface area contributed by atoms with E-state index in [-0.39, 0.29) is 0 Å². The van der Waals surface area contributed by atoms with Gasteiger partial charge in [-0.2, -0.15) is 0 Å². The highest BCUT2D eigenvalue weighted by atomic mass is 15.0. The first-order chi connectivity index (χ1) is 26.8. The van der Waals surface area contributed by atoms with Crippen molar-refractivity contribution in [3.8, 4) is 67.3 Å². The zero-order chi connectivity index (χ0) is 35.8. The van der Waals surface area contributed by atoms with Crippen molar-refractivity contribution in [2.24, 2.45) is 0 Å². The summed E-state index contributed by atoms with van der Waals surface area (Å²) in [6, 6.07) is 78.6. The van der Waals surface area contributed by atoms with Crippen molar-refractivity contribution in [2.75, 3.05) is 0 Å². The van der Waals surface area contributed by atoms with Crippen LogP contribution in [0.1, 0.15) is 0 Å². The number of nitrogens with zero attached hydrogens (tertiary/aromatic N) is 2. The molecule has 0 unspecified atom stereocenters. The topological polar surface area (TPSA) is 9.86 Å². The van der Waals surface area contributed by atoms with Crippen LogP contribution < -0.4 is 0 Å². The maximum absolute atomic E-state index is 2.42. The Labute approximate surface area is 315 Å². The molecule has 8 aromatic carbocycles. The van der Waals surface area contributed by atoms with Gasteiger partial charge in [-0.1, -0.05) is 182 Å². The van der Waals surface area contributed by atoms with Crippen LogP contribution >= 0.6 is 0 Å². The number of benzene rings is 8. The standard InChI is InChI=1S/C52H36N2/c1-5-17-39(18-6-1)49-45-25-13-15-27-47(45)53(51(49)41-21-9-3-10-22-41)43-33-29-37(30-34-43)38-31-35-44(36-32-38)54-48-28-16-14-26-46(48)50(40-19-7-2-8-20-40)52(54)42-23-11-4-12-24-42/h1-36H. The lowest BCUT2D eigenvalue weighted by molar-refractivity contribution is 1.13. The second kappa shape index (κ2) is 13.4. The maximum atomic E-state index is 2.42. The Hall–Kier alpha value is -7.16. The zero-order valence-corrected chi connectivity index (χ0v) is 29.7. The van der Waals surface area contributed by atoms with Crippen LogP contribution in [-0.4, -0.2) is 9.13 Å². The quantitative estimate of drug-likeness (QED) is 0.158. The molecular formula is C52H36N2. The molecule has 0 fully saturated rings. The summed E-state index contributed by atoms with van der Waals surface area (Å²) >= 11 is 0. The fourth-order valence-corrected chi connectivity index (χ4v) is 8.15. The van der Waals surface area contributed by atoms with Crippen LogP contribution in [0.2, 0.25) is 0 Å². The van der Waals surface area contributed by atoms with Crippen LogP contribution in [-0.2, 0) is 0 Å². The molecule has 54 heavy (non-hydrogen) atoms. The fraction of sp³-hybridized carbons (Fsp3) is 0. The molecule has 10 aromatic rings. The Bertz CT molecular complexity index is 2660. The van der Waals surface area contributed by atoms with Crippen molar-refractivity contribution in [2.45, 2.75) is 0 Å². The number of rotatable bonds is 7. The van der Waals surface area contributed by atoms with Crippen molar-refractivity contribution in [1.29, 1.82) is 0 Å². The van der Waals surface area contributed by atoms with E-state index in [9.17, 15) is 0 Å². The molecule has 0 saturated carbocycles. The van der Waals surface area contributed by atoms with E-state index in [1.807, 2.05) is 0 Å². The predicted molar refractivity (Wildman–Crippen MR) is 227 cm³/mol. The smallest absolute Gasteiger partial charge is 0.0619 e. The Balaban J connectivity index is 1.08. The van der Waals surface area contributed by atoms with Crippen molar-refractivity contribution in [3.63, 3.8) is 0 Å². The molecule has 0 amide bonds. The van der Waals surface area contributed by atoms with Gasteiger partial charge in [-0.3, -0.25) is 0 Å². The van der Waals surface area contributed by atoms with Gasteiger partial charge in [0.25, 0.3) is 0 Å². The first kappa shape index (κ1) is 31.6. The van der Waals surface area contributed by atoms with Crippen molar-refractivity contribution < 1.29 is 0 Å². The van der Waals surface area contributed by atoms with Gasteiger partial charge < -0.3 is 9.13 Å². The minimum absolute atomic E-state index is 1.13. The Morgan fingerprint density at radius 2 is 0.519 bits per heavy atom. The van der Waals surface area contributed by atoms with Crippen LogP contribution in [0.4, 0.5) is 0 Å². The van der Waals surface area contributed by atoms with E-state index in [2.05, 4.69) is 228 Å². The first-order valence-corrected chi connectivity index (χ1v) is 18.5. The van der Waals surface area contributed by atoms with Gasteiger partial charge in [0.1, 0.15) is 0 Å². The third kappa shape index (κ3) is 5.36. The van der Waals surface area contributed by atoms with Gasteiger partial charge in [0.05, 0.1) is 22.4 Å². The van der Waals surface area contributed by atoms with Gasteiger partial charge in [-0.05, 0) is 69.8 Å². The van der Waals surface area contributed by atoms with E-state index in [0.717, 1.165) is 11.4 Å². The molecule has 2 heteroatoms. The normalized spacial score (nSPS) is 11.3. The van der Waals surface area contributed by atoms with Crippen LogP contribution in [0.25, 0.3) is 89.1 Å². The third-order valence-corrected chi connectivity index (χ3v) is 10.6. The van der Waals surface area contributed by atoms with Gasteiger partial charge in [-0.25, -0.2) is 0 Å². The number of para-hydroxylation sites is 2. The summed E-state index contributed by atoms with van der Waals surface area (Å²) in [5.74, 6) is 0. The Morgan fingerprint density at radius 1 is 0.222 bits per heavy atom. The summed E-state index contributed by atoms with van der Waals surface area (Å²) in [6.07, 6.45) is 0. The summed E-state index contributed by atoms with van der Waals surface area (Å²) in [7, 11) is 0. The third-order valence-electron chi connectivity index (χ3n) is 10.6. The maximum Gasteiger partial charge on any atom is 0.0619 e. The lowest BCUT2D eigenvalue weighted by atomic mass is 9.98. The Morgan fingerprint density at radius 3 is 0.870 bits per heavy atom. The summed E-state index contributed by atoms with van der Waals surface area (Å²) in [4.78, 5) is 0. The molecule has 0 spiro atoms. The molecule has 2 aromatic heterocycles. The Kier molecular flexibility index (Phi) is 7.85. The van der Waals surface area contributed by atoms with Gasteiger partial charge in [0.15, 0.2) is 0 Å². The highest BCUT2D eigenvalue weighted by Crippen LogP contribution is 2.44. The average Bonchev–Trinajstić information content (AvgIpc) is 3.79. The molecule has 0 aliphatic rings. The van der Waals surface area contributed by atoms with Gasteiger partial charge in [0, 0.05) is 33.3 Å². The monoisotopic (exact) mass is 688 g/mol. The average molecular weight is 689 g/mol. The highest BCUT2D eigenvalue weighted by Gasteiger charge is 2.22. The van der Waals surface area contributed by atoms with E-state index >= 15 is 0 Å². The lowest BCUT2D eigenvalue weighted by Gasteiger charge is -2.15. The molecule has 0 radical (unpaired) electrons. The molecule has 0 atom stereocenters. The number of hydrogen-bond donors (Lipinski definition) is 0. The summed E-state index contributed by atoms with van der Waals surface area (Å²) < 4.78 is 4.85. The molecule has 0 saturated heterocycles. The highest BCUT2D eigenvalue weighted by molar-refractivity contribution is 6.07. The number of hydrogen-bond acceptors (Lipinski definition) is 0. The van der Waals surface area contributed by atoms with Crippen molar-refractivity contribution in [1.82, 2.24) is 9.13 Å². The summed E-state index contributed by atoms with van der Waals surface area (Å²) in [5.41, 5.74) is 16.7. The number of fused-ring (bicyclic) bond motifs is 2. The minimum Gasteiger partial charge on any atom is -0.309 e. The van der Waals surface area contributed by atoms with Crippen LogP contribution in [0.3, 0.4) is 0 Å². The first-order valence-electron chi connectivity index (χ1n) is 18.5. The minimum atomic E-state index is 1.13.